The highest BCUT2D eigenvalue weighted by molar-refractivity contribution is 5.95. The molecule has 2 aromatic rings. The Bertz CT molecular complexity index is 730. The molecule has 0 aliphatic carbocycles. The van der Waals surface area contributed by atoms with Gasteiger partial charge in [0.25, 0.3) is 5.91 Å². The standard InChI is InChI=1S/C17H21N5O2/c1-11(10-15(23)19-2)22(3)17(24)13-6-4-12(5-7-13)16-20-9-8-14(18)21-16/h4-9,11H,10H2,1-3H3,(H,19,23)(H2,18,20,21). The lowest BCUT2D eigenvalue weighted by atomic mass is 10.1. The molecule has 0 spiro atoms. The second kappa shape index (κ2) is 7.54. The summed E-state index contributed by atoms with van der Waals surface area (Å²) < 4.78 is 0. The quantitative estimate of drug-likeness (QED) is 0.862. The van der Waals surface area contributed by atoms with Crippen molar-refractivity contribution in [2.75, 3.05) is 19.8 Å². The molecule has 0 bridgehead atoms. The maximum atomic E-state index is 12.5. The molecule has 2 amide bonds. The van der Waals surface area contributed by atoms with Crippen molar-refractivity contribution in [1.29, 1.82) is 0 Å². The zero-order chi connectivity index (χ0) is 17.7. The minimum atomic E-state index is -0.200. The van der Waals surface area contributed by atoms with E-state index in [4.69, 9.17) is 5.73 Å². The molecule has 0 aliphatic rings. The maximum absolute atomic E-state index is 12.5. The van der Waals surface area contributed by atoms with Crippen LogP contribution in [0.3, 0.4) is 0 Å². The summed E-state index contributed by atoms with van der Waals surface area (Å²) in [4.78, 5) is 33.8. The number of aromatic nitrogens is 2. The van der Waals surface area contributed by atoms with Gasteiger partial charge in [-0.05, 0) is 25.1 Å². The van der Waals surface area contributed by atoms with Crippen LogP contribution in [-0.4, -0.2) is 46.8 Å². The zero-order valence-electron chi connectivity index (χ0n) is 14.0. The summed E-state index contributed by atoms with van der Waals surface area (Å²) in [6.07, 6.45) is 1.85. The normalized spacial score (nSPS) is 11.6. The highest BCUT2D eigenvalue weighted by Gasteiger charge is 2.19. The number of hydrogen-bond acceptors (Lipinski definition) is 5. The minimum Gasteiger partial charge on any atom is -0.384 e. The predicted octanol–water partition coefficient (Wildman–Crippen LogP) is 1.32. The number of nitrogens with one attached hydrogen (secondary N) is 1. The number of amides is 2. The van der Waals surface area contributed by atoms with Gasteiger partial charge < -0.3 is 16.0 Å². The molecule has 0 saturated carbocycles. The van der Waals surface area contributed by atoms with Crippen LogP contribution in [0.4, 0.5) is 5.82 Å². The average molecular weight is 327 g/mol. The number of carbonyl (C=O) groups is 2. The van der Waals surface area contributed by atoms with E-state index < -0.39 is 0 Å². The number of nitrogen functional groups attached to an aromatic ring is 1. The summed E-state index contributed by atoms with van der Waals surface area (Å²) in [5.74, 6) is 0.654. The number of carbonyl (C=O) groups excluding carboxylic acids is 2. The second-order valence-corrected chi connectivity index (χ2v) is 5.52. The zero-order valence-corrected chi connectivity index (χ0v) is 14.0. The Labute approximate surface area is 140 Å². The number of anilines is 1. The first kappa shape index (κ1) is 17.4. The van der Waals surface area contributed by atoms with Gasteiger partial charge in [0.05, 0.1) is 0 Å². The van der Waals surface area contributed by atoms with Gasteiger partial charge >= 0.3 is 0 Å². The third-order valence-corrected chi connectivity index (χ3v) is 3.81. The number of nitrogens with two attached hydrogens (primary N) is 1. The Hall–Kier alpha value is -2.96. The SMILES string of the molecule is CNC(=O)CC(C)N(C)C(=O)c1ccc(-c2nccc(N)n2)cc1. The molecule has 7 heteroatoms. The number of rotatable bonds is 5. The van der Waals surface area contributed by atoms with Crippen molar-refractivity contribution in [3.05, 3.63) is 42.1 Å². The van der Waals surface area contributed by atoms with Crippen molar-refractivity contribution in [1.82, 2.24) is 20.2 Å². The summed E-state index contributed by atoms with van der Waals surface area (Å²) >= 11 is 0. The molecule has 24 heavy (non-hydrogen) atoms. The number of hydrogen-bond donors (Lipinski definition) is 2. The van der Waals surface area contributed by atoms with Crippen LogP contribution in [-0.2, 0) is 4.79 Å². The first-order valence-electron chi connectivity index (χ1n) is 7.59. The molecule has 0 fully saturated rings. The molecule has 0 aliphatic heterocycles. The van der Waals surface area contributed by atoms with Gasteiger partial charge in [-0.15, -0.1) is 0 Å². The molecular formula is C17H21N5O2. The van der Waals surface area contributed by atoms with E-state index >= 15 is 0 Å². The summed E-state index contributed by atoms with van der Waals surface area (Å²) in [5.41, 5.74) is 6.97. The lowest BCUT2D eigenvalue weighted by Crippen LogP contribution is -2.38. The van der Waals surface area contributed by atoms with E-state index in [0.29, 0.717) is 17.2 Å². The van der Waals surface area contributed by atoms with E-state index in [2.05, 4.69) is 15.3 Å². The maximum Gasteiger partial charge on any atom is 0.253 e. The highest BCUT2D eigenvalue weighted by Crippen LogP contribution is 2.17. The molecule has 1 unspecified atom stereocenters. The van der Waals surface area contributed by atoms with Gasteiger partial charge in [-0.2, -0.15) is 0 Å². The van der Waals surface area contributed by atoms with Crippen LogP contribution < -0.4 is 11.1 Å². The summed E-state index contributed by atoms with van der Waals surface area (Å²) in [7, 11) is 3.26. The van der Waals surface area contributed by atoms with Crippen molar-refractivity contribution in [3.8, 4) is 11.4 Å². The Morgan fingerprint density at radius 1 is 1.25 bits per heavy atom. The molecule has 1 aromatic carbocycles. The van der Waals surface area contributed by atoms with Crippen LogP contribution in [0.1, 0.15) is 23.7 Å². The smallest absolute Gasteiger partial charge is 0.253 e. The first-order chi connectivity index (χ1) is 11.4. The van der Waals surface area contributed by atoms with Crippen molar-refractivity contribution >= 4 is 17.6 Å². The van der Waals surface area contributed by atoms with Gasteiger partial charge in [0.1, 0.15) is 5.82 Å². The third kappa shape index (κ3) is 4.07. The second-order valence-electron chi connectivity index (χ2n) is 5.52. The molecule has 3 N–H and O–H groups in total. The fraction of sp³-hybridized carbons (Fsp3) is 0.294. The van der Waals surface area contributed by atoms with Crippen LogP contribution >= 0.6 is 0 Å². The van der Waals surface area contributed by atoms with Crippen LogP contribution in [0.2, 0.25) is 0 Å². The van der Waals surface area contributed by atoms with Crippen molar-refractivity contribution < 1.29 is 9.59 Å². The van der Waals surface area contributed by atoms with Crippen molar-refractivity contribution in [3.63, 3.8) is 0 Å². The largest absolute Gasteiger partial charge is 0.384 e. The van der Waals surface area contributed by atoms with E-state index in [1.807, 2.05) is 6.92 Å². The monoisotopic (exact) mass is 327 g/mol. The molecular weight excluding hydrogens is 306 g/mol. The van der Waals surface area contributed by atoms with E-state index in [-0.39, 0.29) is 24.3 Å². The van der Waals surface area contributed by atoms with Crippen molar-refractivity contribution in [2.24, 2.45) is 0 Å². The first-order valence-corrected chi connectivity index (χ1v) is 7.59. The summed E-state index contributed by atoms with van der Waals surface area (Å²) in [5, 5.41) is 2.56. The van der Waals surface area contributed by atoms with Gasteiger partial charge in [0.15, 0.2) is 5.82 Å². The van der Waals surface area contributed by atoms with Gasteiger partial charge in [-0.1, -0.05) is 12.1 Å². The minimum absolute atomic E-state index is 0.101. The Balaban J connectivity index is 2.12. The fourth-order valence-corrected chi connectivity index (χ4v) is 2.18. The molecule has 1 aromatic heterocycles. The Morgan fingerprint density at radius 3 is 2.50 bits per heavy atom. The number of nitrogens with zero attached hydrogens (tertiary/aromatic N) is 3. The summed E-state index contributed by atoms with van der Waals surface area (Å²) in [6.45, 7) is 1.84. The van der Waals surface area contributed by atoms with E-state index in [1.54, 1.807) is 55.5 Å². The average Bonchev–Trinajstić information content (AvgIpc) is 2.60. The summed E-state index contributed by atoms with van der Waals surface area (Å²) in [6, 6.07) is 8.40. The lowest BCUT2D eigenvalue weighted by molar-refractivity contribution is -0.121. The van der Waals surface area contributed by atoms with Crippen LogP contribution in [0.15, 0.2) is 36.5 Å². The van der Waals surface area contributed by atoms with Gasteiger partial charge in [-0.25, -0.2) is 9.97 Å². The van der Waals surface area contributed by atoms with Crippen LogP contribution in [0.5, 0.6) is 0 Å². The van der Waals surface area contributed by atoms with Gasteiger partial charge in [0.2, 0.25) is 5.91 Å². The van der Waals surface area contributed by atoms with Gasteiger partial charge in [-0.3, -0.25) is 9.59 Å². The van der Waals surface area contributed by atoms with E-state index in [9.17, 15) is 9.59 Å². The van der Waals surface area contributed by atoms with Gasteiger partial charge in [0, 0.05) is 43.9 Å². The molecule has 1 heterocycles. The van der Waals surface area contributed by atoms with E-state index in [1.165, 1.54) is 0 Å². The molecule has 0 radical (unpaired) electrons. The predicted molar refractivity (Wildman–Crippen MR) is 92.1 cm³/mol. The topological polar surface area (TPSA) is 101 Å². The fourth-order valence-electron chi connectivity index (χ4n) is 2.18. The third-order valence-electron chi connectivity index (χ3n) is 3.81. The van der Waals surface area contributed by atoms with E-state index in [0.717, 1.165) is 5.56 Å². The molecule has 7 nitrogen and oxygen atoms in total. The Kier molecular flexibility index (Phi) is 5.47. The molecule has 126 valence electrons. The number of benzene rings is 1. The Morgan fingerprint density at radius 2 is 1.92 bits per heavy atom. The molecule has 0 saturated heterocycles. The van der Waals surface area contributed by atoms with Crippen LogP contribution in [0.25, 0.3) is 11.4 Å². The lowest BCUT2D eigenvalue weighted by Gasteiger charge is -2.24. The molecule has 1 atom stereocenters. The molecule has 2 rings (SSSR count). The van der Waals surface area contributed by atoms with Crippen molar-refractivity contribution in [2.45, 2.75) is 19.4 Å². The van der Waals surface area contributed by atoms with Crippen LogP contribution in [0, 0.1) is 0 Å². The highest BCUT2D eigenvalue weighted by atomic mass is 16.2.